The maximum atomic E-state index is 12.8. The van der Waals surface area contributed by atoms with E-state index < -0.39 is 6.10 Å². The molecule has 162 valence electrons. The number of methoxy groups -OCH3 is 1. The van der Waals surface area contributed by atoms with Crippen LogP contribution in [0.15, 0.2) is 47.0 Å². The van der Waals surface area contributed by atoms with Crippen molar-refractivity contribution in [2.45, 2.75) is 45.3 Å². The molecule has 1 aliphatic rings. The molecule has 0 fully saturated rings. The van der Waals surface area contributed by atoms with Crippen molar-refractivity contribution in [2.75, 3.05) is 14.2 Å². The number of carbonyl (C=O) groups is 1. The lowest BCUT2D eigenvalue weighted by atomic mass is 9.92. The summed E-state index contributed by atoms with van der Waals surface area (Å²) in [5, 5.41) is 4.02. The van der Waals surface area contributed by atoms with Crippen molar-refractivity contribution in [3.8, 4) is 22.9 Å². The number of rotatable bonds is 7. The Bertz CT molecular complexity index is 1060. The van der Waals surface area contributed by atoms with Gasteiger partial charge in [0.1, 0.15) is 11.5 Å². The van der Waals surface area contributed by atoms with E-state index in [4.69, 9.17) is 14.0 Å². The van der Waals surface area contributed by atoms with Crippen LogP contribution in [0.3, 0.4) is 0 Å². The van der Waals surface area contributed by atoms with Crippen LogP contribution >= 0.6 is 0 Å². The molecule has 1 amide bonds. The van der Waals surface area contributed by atoms with E-state index in [9.17, 15) is 4.79 Å². The fourth-order valence-corrected chi connectivity index (χ4v) is 3.83. The van der Waals surface area contributed by atoms with Crippen molar-refractivity contribution in [2.24, 2.45) is 0 Å². The normalized spacial score (nSPS) is 13.9. The molecule has 1 heterocycles. The van der Waals surface area contributed by atoms with E-state index in [1.54, 1.807) is 21.1 Å². The summed E-state index contributed by atoms with van der Waals surface area (Å²) in [4.78, 5) is 18.7. The van der Waals surface area contributed by atoms with Crippen LogP contribution in [0.1, 0.15) is 36.8 Å². The molecule has 0 unspecified atom stereocenters. The Morgan fingerprint density at radius 2 is 1.94 bits per heavy atom. The van der Waals surface area contributed by atoms with Crippen molar-refractivity contribution in [1.82, 2.24) is 15.0 Å². The Morgan fingerprint density at radius 1 is 1.13 bits per heavy atom. The molecule has 1 atom stereocenters. The number of fused-ring (bicyclic) bond motifs is 1. The summed E-state index contributed by atoms with van der Waals surface area (Å²) >= 11 is 0. The molecule has 1 aliphatic carbocycles. The molecule has 1 aromatic heterocycles. The zero-order valence-corrected chi connectivity index (χ0v) is 18.1. The predicted octanol–water partition coefficient (Wildman–Crippen LogP) is 4.05. The van der Waals surface area contributed by atoms with Gasteiger partial charge in [0.25, 0.3) is 5.91 Å². The third-order valence-corrected chi connectivity index (χ3v) is 5.53. The molecule has 0 radical (unpaired) electrons. The number of nitrogens with zero attached hydrogens (tertiary/aromatic N) is 3. The first-order valence-corrected chi connectivity index (χ1v) is 10.5. The number of benzene rings is 2. The summed E-state index contributed by atoms with van der Waals surface area (Å²) in [6.07, 6.45) is 4.01. The van der Waals surface area contributed by atoms with Gasteiger partial charge in [-0.25, -0.2) is 0 Å². The third-order valence-electron chi connectivity index (χ3n) is 5.53. The average Bonchev–Trinajstić information content (AvgIpc) is 3.27. The summed E-state index contributed by atoms with van der Waals surface area (Å²) in [7, 11) is 3.30. The summed E-state index contributed by atoms with van der Waals surface area (Å²) in [5.74, 6) is 2.10. The molecule has 4 rings (SSSR count). The van der Waals surface area contributed by atoms with Gasteiger partial charge >= 0.3 is 0 Å². The number of carbonyl (C=O) groups excluding carboxylic acids is 1. The zero-order valence-electron chi connectivity index (χ0n) is 18.1. The fourth-order valence-electron chi connectivity index (χ4n) is 3.83. The smallest absolute Gasteiger partial charge is 0.263 e. The number of hydrogen-bond acceptors (Lipinski definition) is 6. The highest BCUT2D eigenvalue weighted by Crippen LogP contribution is 2.26. The monoisotopic (exact) mass is 421 g/mol. The van der Waals surface area contributed by atoms with Gasteiger partial charge in [-0.05, 0) is 68.0 Å². The van der Waals surface area contributed by atoms with E-state index in [0.717, 1.165) is 24.2 Å². The molecular weight excluding hydrogens is 394 g/mol. The maximum Gasteiger partial charge on any atom is 0.263 e. The van der Waals surface area contributed by atoms with Crippen molar-refractivity contribution in [3.05, 3.63) is 59.5 Å². The standard InChI is InChI=1S/C24H27N3O4/c1-16(30-21-12-11-17-7-4-5-8-18(17)13-21)24(28)27(2)15-22-25-23(26-31-22)19-9-6-10-20(14-19)29-3/h6,9-14,16H,4-5,7-8,15H2,1-3H3/t16-/m1/s1. The summed E-state index contributed by atoms with van der Waals surface area (Å²) in [6.45, 7) is 1.96. The van der Waals surface area contributed by atoms with Crippen LogP contribution < -0.4 is 9.47 Å². The van der Waals surface area contributed by atoms with Crippen LogP contribution in [0.4, 0.5) is 0 Å². The maximum absolute atomic E-state index is 12.8. The van der Waals surface area contributed by atoms with E-state index in [0.29, 0.717) is 17.5 Å². The molecule has 0 saturated heterocycles. The van der Waals surface area contributed by atoms with E-state index in [2.05, 4.69) is 22.3 Å². The summed E-state index contributed by atoms with van der Waals surface area (Å²) in [6, 6.07) is 13.5. The second-order valence-corrected chi connectivity index (χ2v) is 7.84. The van der Waals surface area contributed by atoms with Crippen molar-refractivity contribution in [3.63, 3.8) is 0 Å². The minimum Gasteiger partial charge on any atom is -0.497 e. The van der Waals surface area contributed by atoms with Crippen LogP contribution in [0.5, 0.6) is 11.5 Å². The Kier molecular flexibility index (Phi) is 6.21. The molecule has 31 heavy (non-hydrogen) atoms. The van der Waals surface area contributed by atoms with Gasteiger partial charge < -0.3 is 18.9 Å². The minimum atomic E-state index is -0.618. The van der Waals surface area contributed by atoms with Gasteiger partial charge in [0.05, 0.1) is 13.7 Å². The van der Waals surface area contributed by atoms with Gasteiger partial charge in [-0.3, -0.25) is 4.79 Å². The van der Waals surface area contributed by atoms with Gasteiger partial charge in [0, 0.05) is 12.6 Å². The van der Waals surface area contributed by atoms with E-state index in [-0.39, 0.29) is 12.5 Å². The van der Waals surface area contributed by atoms with E-state index >= 15 is 0 Å². The molecule has 2 aromatic carbocycles. The van der Waals surface area contributed by atoms with Crippen molar-refractivity contribution in [1.29, 1.82) is 0 Å². The molecule has 7 nitrogen and oxygen atoms in total. The van der Waals surface area contributed by atoms with Gasteiger partial charge in [-0.15, -0.1) is 0 Å². The number of ether oxygens (including phenoxy) is 2. The van der Waals surface area contributed by atoms with Crippen LogP contribution in [0, 0.1) is 0 Å². The number of likely N-dealkylation sites (N-methyl/N-ethyl adjacent to an activating group) is 1. The third kappa shape index (κ3) is 4.87. The lowest BCUT2D eigenvalue weighted by Gasteiger charge is -2.22. The highest BCUT2D eigenvalue weighted by Gasteiger charge is 2.22. The Labute approximate surface area is 182 Å². The van der Waals surface area contributed by atoms with Crippen molar-refractivity contribution < 1.29 is 18.8 Å². The number of hydrogen-bond donors (Lipinski definition) is 0. The SMILES string of the molecule is COc1cccc(-c2noc(CN(C)C(=O)[C@@H](C)Oc3ccc4c(c3)CCCC4)n2)c1. The number of aryl methyl sites for hydroxylation is 2. The lowest BCUT2D eigenvalue weighted by molar-refractivity contribution is -0.137. The first-order valence-electron chi connectivity index (χ1n) is 10.5. The fraction of sp³-hybridized carbons (Fsp3) is 0.375. The van der Waals surface area contributed by atoms with Crippen LogP contribution in [0.25, 0.3) is 11.4 Å². The van der Waals surface area contributed by atoms with Gasteiger partial charge in [0.2, 0.25) is 11.7 Å². The second kappa shape index (κ2) is 9.20. The summed E-state index contributed by atoms with van der Waals surface area (Å²) < 4.78 is 16.5. The highest BCUT2D eigenvalue weighted by molar-refractivity contribution is 5.80. The topological polar surface area (TPSA) is 77.7 Å². The Balaban J connectivity index is 1.37. The molecule has 0 bridgehead atoms. The Morgan fingerprint density at radius 3 is 2.74 bits per heavy atom. The van der Waals surface area contributed by atoms with Gasteiger partial charge in [-0.2, -0.15) is 4.98 Å². The van der Waals surface area contributed by atoms with Crippen LogP contribution in [-0.4, -0.2) is 41.2 Å². The number of aromatic nitrogens is 2. The Hall–Kier alpha value is -3.35. The molecule has 0 spiro atoms. The van der Waals surface area contributed by atoms with Gasteiger partial charge in [0.15, 0.2) is 6.10 Å². The molecule has 0 N–H and O–H groups in total. The quantitative estimate of drug-likeness (QED) is 0.573. The molecule has 0 aliphatic heterocycles. The first-order chi connectivity index (χ1) is 15.0. The number of amides is 1. The minimum absolute atomic E-state index is 0.154. The molecule has 7 heteroatoms. The van der Waals surface area contributed by atoms with Crippen LogP contribution in [-0.2, 0) is 24.2 Å². The summed E-state index contributed by atoms with van der Waals surface area (Å²) in [5.41, 5.74) is 3.50. The van der Waals surface area contributed by atoms with E-state index in [1.807, 2.05) is 30.3 Å². The zero-order chi connectivity index (χ0) is 21.8. The van der Waals surface area contributed by atoms with Crippen LogP contribution in [0.2, 0.25) is 0 Å². The highest BCUT2D eigenvalue weighted by atomic mass is 16.5. The molecule has 0 saturated carbocycles. The largest absolute Gasteiger partial charge is 0.497 e. The van der Waals surface area contributed by atoms with Gasteiger partial charge in [-0.1, -0.05) is 23.4 Å². The lowest BCUT2D eigenvalue weighted by Crippen LogP contribution is -2.37. The van der Waals surface area contributed by atoms with Crippen molar-refractivity contribution >= 4 is 5.91 Å². The predicted molar refractivity (Wildman–Crippen MR) is 116 cm³/mol. The molecular formula is C24H27N3O4. The first kappa shape index (κ1) is 20.9. The second-order valence-electron chi connectivity index (χ2n) is 7.84. The van der Waals surface area contributed by atoms with E-state index in [1.165, 1.54) is 28.9 Å². The molecule has 3 aromatic rings. The average molecular weight is 421 g/mol.